The average molecular weight is 417 g/mol. The van der Waals surface area contributed by atoms with Crippen LogP contribution in [0, 0.1) is 5.92 Å². The van der Waals surface area contributed by atoms with Gasteiger partial charge in [-0.05, 0) is 62.7 Å². The molecule has 0 radical (unpaired) electrons. The summed E-state index contributed by atoms with van der Waals surface area (Å²) in [5.74, 6) is 2.35. The molecule has 154 valence electrons. The Morgan fingerprint density at radius 3 is 2.45 bits per heavy atom. The highest BCUT2D eigenvalue weighted by molar-refractivity contribution is 6.32. The molecule has 0 aliphatic rings. The summed E-state index contributed by atoms with van der Waals surface area (Å²) in [5, 5.41) is 13.8. The van der Waals surface area contributed by atoms with Crippen molar-refractivity contribution < 1.29 is 19.1 Å². The number of nitrogens with zero attached hydrogens (tertiary/aromatic N) is 2. The van der Waals surface area contributed by atoms with Gasteiger partial charge in [0.1, 0.15) is 11.5 Å². The Hall–Kier alpha value is -2.57. The van der Waals surface area contributed by atoms with Gasteiger partial charge in [0.25, 0.3) is 5.89 Å². The molecule has 6 nitrogen and oxygen atoms in total. The topological polar surface area (TPSA) is 77.6 Å². The van der Waals surface area contributed by atoms with E-state index in [0.717, 1.165) is 23.3 Å². The molecular formula is C22H25ClN2O4. The molecule has 0 saturated heterocycles. The molecule has 0 bridgehead atoms. The van der Waals surface area contributed by atoms with Crippen LogP contribution in [0.2, 0.25) is 5.02 Å². The van der Waals surface area contributed by atoms with Crippen molar-refractivity contribution in [3.8, 4) is 34.3 Å². The first-order valence-corrected chi connectivity index (χ1v) is 10.0. The quantitative estimate of drug-likeness (QED) is 0.513. The van der Waals surface area contributed by atoms with Crippen LogP contribution in [0.15, 0.2) is 47.0 Å². The van der Waals surface area contributed by atoms with E-state index in [9.17, 15) is 5.11 Å². The molecule has 0 spiro atoms. The molecule has 0 aliphatic heterocycles. The van der Waals surface area contributed by atoms with Crippen molar-refractivity contribution in [2.45, 2.75) is 33.3 Å². The molecule has 1 N–H and O–H groups in total. The number of halogens is 1. The molecule has 0 fully saturated rings. The fourth-order valence-corrected chi connectivity index (χ4v) is 2.88. The lowest BCUT2D eigenvalue weighted by Gasteiger charge is -2.13. The lowest BCUT2D eigenvalue weighted by Crippen LogP contribution is -2.14. The summed E-state index contributed by atoms with van der Waals surface area (Å²) in [5.41, 5.74) is 1.53. The van der Waals surface area contributed by atoms with Gasteiger partial charge in [0.05, 0.1) is 17.7 Å². The minimum absolute atomic E-state index is 0.0403. The molecule has 29 heavy (non-hydrogen) atoms. The SMILES string of the molecule is CCC(CO)COc1ccc(-c2nc(-c3ccc(OC(C)C)c(Cl)c3)no2)cc1. The van der Waals surface area contributed by atoms with Crippen LogP contribution in [0.25, 0.3) is 22.8 Å². The lowest BCUT2D eigenvalue weighted by molar-refractivity contribution is 0.160. The monoisotopic (exact) mass is 416 g/mol. The van der Waals surface area contributed by atoms with Crippen LogP contribution < -0.4 is 9.47 Å². The second kappa shape index (κ2) is 9.76. The van der Waals surface area contributed by atoms with E-state index >= 15 is 0 Å². The van der Waals surface area contributed by atoms with Crippen LogP contribution in [0.4, 0.5) is 0 Å². The summed E-state index contributed by atoms with van der Waals surface area (Å²) in [6.07, 6.45) is 0.909. The van der Waals surface area contributed by atoms with Crippen LogP contribution >= 0.6 is 11.6 Å². The van der Waals surface area contributed by atoms with Gasteiger partial charge in [-0.1, -0.05) is 23.7 Å². The summed E-state index contributed by atoms with van der Waals surface area (Å²) >= 11 is 6.30. The first kappa shape index (κ1) is 21.1. The normalized spacial score (nSPS) is 12.2. The van der Waals surface area contributed by atoms with Gasteiger partial charge in [0.2, 0.25) is 5.82 Å². The largest absolute Gasteiger partial charge is 0.493 e. The van der Waals surface area contributed by atoms with Crippen molar-refractivity contribution in [3.05, 3.63) is 47.5 Å². The molecule has 0 amide bonds. The summed E-state index contributed by atoms with van der Waals surface area (Å²) in [4.78, 5) is 4.46. The minimum atomic E-state index is 0.0403. The minimum Gasteiger partial charge on any atom is -0.493 e. The third-order valence-corrected chi connectivity index (χ3v) is 4.70. The maximum absolute atomic E-state index is 9.24. The fourth-order valence-electron chi connectivity index (χ4n) is 2.65. The van der Waals surface area contributed by atoms with Crippen LogP contribution in [0.3, 0.4) is 0 Å². The Morgan fingerprint density at radius 1 is 1.10 bits per heavy atom. The van der Waals surface area contributed by atoms with Crippen LogP contribution in [0.5, 0.6) is 11.5 Å². The summed E-state index contributed by atoms with van der Waals surface area (Å²) in [6, 6.07) is 12.8. The van der Waals surface area contributed by atoms with Crippen LogP contribution in [0.1, 0.15) is 27.2 Å². The maximum Gasteiger partial charge on any atom is 0.258 e. The predicted molar refractivity (Wildman–Crippen MR) is 112 cm³/mol. The number of ether oxygens (including phenoxy) is 2. The Labute approximate surface area is 175 Å². The molecule has 0 saturated carbocycles. The average Bonchev–Trinajstić information content (AvgIpc) is 3.21. The molecular weight excluding hydrogens is 392 g/mol. The smallest absolute Gasteiger partial charge is 0.258 e. The van der Waals surface area contributed by atoms with E-state index in [0.29, 0.717) is 29.1 Å². The number of aliphatic hydroxyl groups is 1. The summed E-state index contributed by atoms with van der Waals surface area (Å²) in [6.45, 7) is 6.52. The van der Waals surface area contributed by atoms with E-state index in [1.165, 1.54) is 0 Å². The Morgan fingerprint density at radius 2 is 1.83 bits per heavy atom. The maximum atomic E-state index is 9.24. The van der Waals surface area contributed by atoms with Gasteiger partial charge >= 0.3 is 0 Å². The predicted octanol–water partition coefficient (Wildman–Crippen LogP) is 5.24. The molecule has 1 aromatic heterocycles. The van der Waals surface area contributed by atoms with Crippen molar-refractivity contribution >= 4 is 11.6 Å². The second-order valence-corrected chi connectivity index (χ2v) is 7.43. The van der Waals surface area contributed by atoms with Gasteiger partial charge in [0.15, 0.2) is 0 Å². The molecule has 1 heterocycles. The van der Waals surface area contributed by atoms with E-state index in [2.05, 4.69) is 10.1 Å². The van der Waals surface area contributed by atoms with Crippen molar-refractivity contribution in [2.24, 2.45) is 5.92 Å². The van der Waals surface area contributed by atoms with E-state index in [1.54, 1.807) is 12.1 Å². The number of benzene rings is 2. The third kappa shape index (κ3) is 5.49. The van der Waals surface area contributed by atoms with Crippen molar-refractivity contribution in [3.63, 3.8) is 0 Å². The summed E-state index contributed by atoms with van der Waals surface area (Å²) in [7, 11) is 0. The number of hydrogen-bond donors (Lipinski definition) is 1. The molecule has 2 aromatic carbocycles. The third-order valence-electron chi connectivity index (χ3n) is 4.40. The summed E-state index contributed by atoms with van der Waals surface area (Å²) < 4.78 is 16.8. The Kier molecular flexibility index (Phi) is 7.12. The fraction of sp³-hybridized carbons (Fsp3) is 0.364. The van der Waals surface area contributed by atoms with Crippen molar-refractivity contribution in [1.82, 2.24) is 10.1 Å². The van der Waals surface area contributed by atoms with Gasteiger partial charge in [-0.3, -0.25) is 0 Å². The Bertz CT molecular complexity index is 921. The molecule has 1 atom stereocenters. The molecule has 7 heteroatoms. The van der Waals surface area contributed by atoms with Gasteiger partial charge in [-0.15, -0.1) is 0 Å². The van der Waals surface area contributed by atoms with Gasteiger partial charge < -0.3 is 19.1 Å². The second-order valence-electron chi connectivity index (χ2n) is 7.03. The van der Waals surface area contributed by atoms with Gasteiger partial charge in [-0.2, -0.15) is 4.98 Å². The van der Waals surface area contributed by atoms with Crippen LogP contribution in [-0.4, -0.2) is 34.6 Å². The van der Waals surface area contributed by atoms with Gasteiger partial charge in [-0.25, -0.2) is 0 Å². The highest BCUT2D eigenvalue weighted by Crippen LogP contribution is 2.31. The standard InChI is InChI=1S/C22H25ClN2O4/c1-4-15(12-26)13-27-18-8-5-16(6-9-18)22-24-21(25-29-22)17-7-10-20(19(23)11-17)28-14(2)3/h5-11,14-15,26H,4,12-13H2,1-3H3. The van der Waals surface area contributed by atoms with E-state index in [4.69, 9.17) is 25.6 Å². The first-order valence-electron chi connectivity index (χ1n) is 9.64. The van der Waals surface area contributed by atoms with Crippen molar-refractivity contribution in [2.75, 3.05) is 13.2 Å². The number of aliphatic hydroxyl groups excluding tert-OH is 1. The van der Waals surface area contributed by atoms with Crippen LogP contribution in [-0.2, 0) is 0 Å². The van der Waals surface area contributed by atoms with Crippen molar-refractivity contribution in [1.29, 1.82) is 0 Å². The molecule has 1 unspecified atom stereocenters. The molecule has 3 aromatic rings. The van der Waals surface area contributed by atoms with E-state index < -0.39 is 0 Å². The zero-order valence-electron chi connectivity index (χ0n) is 16.8. The first-order chi connectivity index (χ1) is 14.0. The van der Waals surface area contributed by atoms with E-state index in [1.807, 2.05) is 51.1 Å². The highest BCUT2D eigenvalue weighted by Gasteiger charge is 2.13. The zero-order valence-corrected chi connectivity index (χ0v) is 17.5. The number of hydrogen-bond acceptors (Lipinski definition) is 6. The Balaban J connectivity index is 1.70. The molecule has 0 aliphatic carbocycles. The lowest BCUT2D eigenvalue weighted by atomic mass is 10.1. The number of rotatable bonds is 9. The highest BCUT2D eigenvalue weighted by atomic mass is 35.5. The number of aromatic nitrogens is 2. The van der Waals surface area contributed by atoms with E-state index in [-0.39, 0.29) is 18.6 Å². The zero-order chi connectivity index (χ0) is 20.8. The molecule has 3 rings (SSSR count). The van der Waals surface area contributed by atoms with Gasteiger partial charge in [0, 0.05) is 23.7 Å².